The van der Waals surface area contributed by atoms with Gasteiger partial charge in [0.1, 0.15) is 12.1 Å². The minimum atomic E-state index is -4.41. The lowest BCUT2D eigenvalue weighted by Gasteiger charge is -2.23. The Hall–Kier alpha value is -3.08. The number of halogens is 3. The van der Waals surface area contributed by atoms with Crippen molar-refractivity contribution in [1.82, 2.24) is 24.6 Å². The SMILES string of the molecule is Cc1ccc(-n2cnnc2SCC(=O)N2CCCN(c3ccc(C(F)(F)F)cn3)CC2)cc1C. The van der Waals surface area contributed by atoms with E-state index in [2.05, 4.69) is 28.2 Å². The highest BCUT2D eigenvalue weighted by Crippen LogP contribution is 2.29. The molecule has 2 aromatic heterocycles. The van der Waals surface area contributed by atoms with E-state index in [1.807, 2.05) is 28.5 Å². The number of aromatic nitrogens is 4. The van der Waals surface area contributed by atoms with Crippen LogP contribution in [0.25, 0.3) is 5.69 Å². The van der Waals surface area contributed by atoms with Gasteiger partial charge in [-0.3, -0.25) is 9.36 Å². The third-order valence-electron chi connectivity index (χ3n) is 5.86. The lowest BCUT2D eigenvalue weighted by Crippen LogP contribution is -2.36. The van der Waals surface area contributed by atoms with Crippen molar-refractivity contribution in [3.05, 3.63) is 59.5 Å². The van der Waals surface area contributed by atoms with Gasteiger partial charge in [0.05, 0.1) is 11.3 Å². The fourth-order valence-corrected chi connectivity index (χ4v) is 4.56. The third-order valence-corrected chi connectivity index (χ3v) is 6.79. The first-order valence-corrected chi connectivity index (χ1v) is 11.9. The van der Waals surface area contributed by atoms with Crippen molar-refractivity contribution in [3.8, 4) is 5.69 Å². The highest BCUT2D eigenvalue weighted by molar-refractivity contribution is 7.99. The molecule has 1 aliphatic heterocycles. The minimum absolute atomic E-state index is 0.0122. The monoisotopic (exact) mass is 490 g/mol. The zero-order valence-electron chi connectivity index (χ0n) is 18.9. The molecule has 1 aromatic carbocycles. The molecule has 0 bridgehead atoms. The summed E-state index contributed by atoms with van der Waals surface area (Å²) in [7, 11) is 0. The molecule has 3 heterocycles. The maximum Gasteiger partial charge on any atom is 0.417 e. The summed E-state index contributed by atoms with van der Waals surface area (Å²) in [4.78, 5) is 20.6. The molecular formula is C23H25F3N6OS. The number of carbonyl (C=O) groups excluding carboxylic acids is 1. The van der Waals surface area contributed by atoms with Crippen LogP contribution in [0.3, 0.4) is 0 Å². The van der Waals surface area contributed by atoms with Gasteiger partial charge in [0.15, 0.2) is 5.16 Å². The largest absolute Gasteiger partial charge is 0.417 e. The fraction of sp³-hybridized carbons (Fsp3) is 0.391. The van der Waals surface area contributed by atoms with Gasteiger partial charge in [-0.25, -0.2) is 4.98 Å². The maximum absolute atomic E-state index is 12.9. The van der Waals surface area contributed by atoms with Crippen molar-refractivity contribution in [1.29, 1.82) is 0 Å². The molecule has 34 heavy (non-hydrogen) atoms. The highest BCUT2D eigenvalue weighted by Gasteiger charge is 2.31. The number of alkyl halides is 3. The number of nitrogens with zero attached hydrogens (tertiary/aromatic N) is 6. The molecule has 4 rings (SSSR count). The number of carbonyl (C=O) groups is 1. The molecule has 1 aliphatic rings. The van der Waals surface area contributed by atoms with Gasteiger partial charge in [-0.1, -0.05) is 17.8 Å². The molecular weight excluding hydrogens is 465 g/mol. The molecule has 1 saturated heterocycles. The standard InChI is InChI=1S/C23H25F3N6OS/c1-16-4-6-19(12-17(16)2)32-15-28-29-22(32)34-14-21(33)31-9-3-8-30(10-11-31)20-7-5-18(13-27-20)23(24,25)26/h4-7,12-13,15H,3,8-11,14H2,1-2H3. The summed E-state index contributed by atoms with van der Waals surface area (Å²) in [6, 6.07) is 8.52. The Balaban J connectivity index is 1.34. The van der Waals surface area contributed by atoms with Crippen LogP contribution in [0, 0.1) is 13.8 Å². The van der Waals surface area contributed by atoms with Crippen LogP contribution in [0.1, 0.15) is 23.1 Å². The molecule has 1 amide bonds. The molecule has 0 aliphatic carbocycles. The molecule has 0 saturated carbocycles. The van der Waals surface area contributed by atoms with Crippen LogP contribution < -0.4 is 4.90 Å². The Labute approximate surface area is 200 Å². The van der Waals surface area contributed by atoms with E-state index in [0.29, 0.717) is 43.6 Å². The predicted molar refractivity (Wildman–Crippen MR) is 124 cm³/mol. The Morgan fingerprint density at radius 1 is 1.06 bits per heavy atom. The summed E-state index contributed by atoms with van der Waals surface area (Å²) < 4.78 is 40.2. The van der Waals surface area contributed by atoms with Crippen molar-refractivity contribution in [2.24, 2.45) is 0 Å². The molecule has 0 radical (unpaired) electrons. The number of amides is 1. The molecule has 0 N–H and O–H groups in total. The van der Waals surface area contributed by atoms with Gasteiger partial charge in [-0.15, -0.1) is 10.2 Å². The lowest BCUT2D eigenvalue weighted by atomic mass is 10.1. The predicted octanol–water partition coefficient (Wildman–Crippen LogP) is 4.13. The highest BCUT2D eigenvalue weighted by atomic mass is 32.2. The quantitative estimate of drug-likeness (QED) is 0.501. The Kier molecular flexibility index (Phi) is 7.11. The number of anilines is 1. The van der Waals surface area contributed by atoms with Crippen LogP contribution in [-0.2, 0) is 11.0 Å². The van der Waals surface area contributed by atoms with Gasteiger partial charge in [-0.2, -0.15) is 13.2 Å². The van der Waals surface area contributed by atoms with Gasteiger partial charge in [0.25, 0.3) is 0 Å². The van der Waals surface area contributed by atoms with Crippen molar-refractivity contribution < 1.29 is 18.0 Å². The lowest BCUT2D eigenvalue weighted by molar-refractivity contribution is -0.137. The number of aryl methyl sites for hydroxylation is 2. The van der Waals surface area contributed by atoms with Crippen molar-refractivity contribution in [2.75, 3.05) is 36.8 Å². The first-order valence-electron chi connectivity index (χ1n) is 10.9. The van der Waals surface area contributed by atoms with E-state index in [0.717, 1.165) is 23.5 Å². The van der Waals surface area contributed by atoms with Gasteiger partial charge in [0.2, 0.25) is 5.91 Å². The normalized spacial score (nSPS) is 14.9. The molecule has 11 heteroatoms. The van der Waals surface area contributed by atoms with Crippen LogP contribution in [-0.4, -0.2) is 62.5 Å². The van der Waals surface area contributed by atoms with E-state index in [4.69, 9.17) is 0 Å². The van der Waals surface area contributed by atoms with Crippen LogP contribution in [0.2, 0.25) is 0 Å². The van der Waals surface area contributed by atoms with Crippen molar-refractivity contribution in [3.63, 3.8) is 0 Å². The molecule has 3 aromatic rings. The Bertz CT molecular complexity index is 1150. The zero-order chi connectivity index (χ0) is 24.3. The second-order valence-corrected chi connectivity index (χ2v) is 9.11. The van der Waals surface area contributed by atoms with E-state index in [1.165, 1.54) is 23.4 Å². The van der Waals surface area contributed by atoms with Crippen LogP contribution in [0.4, 0.5) is 19.0 Å². The Morgan fingerprint density at radius 2 is 1.88 bits per heavy atom. The van der Waals surface area contributed by atoms with E-state index in [-0.39, 0.29) is 11.7 Å². The number of hydrogen-bond donors (Lipinski definition) is 0. The molecule has 0 spiro atoms. The average molecular weight is 491 g/mol. The van der Waals surface area contributed by atoms with Crippen LogP contribution in [0.5, 0.6) is 0 Å². The Morgan fingerprint density at radius 3 is 2.59 bits per heavy atom. The summed E-state index contributed by atoms with van der Waals surface area (Å²) in [6.45, 7) is 6.29. The number of pyridine rings is 1. The average Bonchev–Trinajstić information content (AvgIpc) is 3.14. The number of rotatable bonds is 5. The zero-order valence-corrected chi connectivity index (χ0v) is 19.7. The van der Waals surface area contributed by atoms with Crippen molar-refractivity contribution >= 4 is 23.5 Å². The van der Waals surface area contributed by atoms with Gasteiger partial charge >= 0.3 is 6.18 Å². The summed E-state index contributed by atoms with van der Waals surface area (Å²) in [6.07, 6.45) is -1.21. The number of benzene rings is 1. The summed E-state index contributed by atoms with van der Waals surface area (Å²) in [5, 5.41) is 8.81. The topological polar surface area (TPSA) is 67.2 Å². The summed E-state index contributed by atoms with van der Waals surface area (Å²) in [5.41, 5.74) is 2.53. The molecule has 1 fully saturated rings. The second kappa shape index (κ2) is 10.0. The van der Waals surface area contributed by atoms with Crippen LogP contribution >= 0.6 is 11.8 Å². The van der Waals surface area contributed by atoms with Gasteiger partial charge in [0, 0.05) is 38.1 Å². The molecule has 0 unspecified atom stereocenters. The van der Waals surface area contributed by atoms with Gasteiger partial charge < -0.3 is 9.80 Å². The van der Waals surface area contributed by atoms with E-state index in [9.17, 15) is 18.0 Å². The second-order valence-electron chi connectivity index (χ2n) is 8.16. The smallest absolute Gasteiger partial charge is 0.355 e. The summed E-state index contributed by atoms with van der Waals surface area (Å²) in [5.74, 6) is 0.697. The summed E-state index contributed by atoms with van der Waals surface area (Å²) >= 11 is 1.33. The molecule has 7 nitrogen and oxygen atoms in total. The first-order chi connectivity index (χ1) is 16.2. The fourth-order valence-electron chi connectivity index (χ4n) is 3.73. The number of hydrogen-bond acceptors (Lipinski definition) is 6. The number of thioether (sulfide) groups is 1. The minimum Gasteiger partial charge on any atom is -0.355 e. The molecule has 180 valence electrons. The van der Waals surface area contributed by atoms with E-state index >= 15 is 0 Å². The van der Waals surface area contributed by atoms with Crippen LogP contribution in [0.15, 0.2) is 48.0 Å². The maximum atomic E-state index is 12.9. The molecule has 0 atom stereocenters. The first kappa shape index (κ1) is 24.1. The van der Waals surface area contributed by atoms with Crippen molar-refractivity contribution in [2.45, 2.75) is 31.6 Å². The van der Waals surface area contributed by atoms with E-state index in [1.54, 1.807) is 11.2 Å². The van der Waals surface area contributed by atoms with Gasteiger partial charge in [-0.05, 0) is 55.7 Å². The third kappa shape index (κ3) is 5.52. The van der Waals surface area contributed by atoms with E-state index < -0.39 is 11.7 Å².